The summed E-state index contributed by atoms with van der Waals surface area (Å²) >= 11 is 2.76. The molecule has 37 heavy (non-hydrogen) atoms. The van der Waals surface area contributed by atoms with Gasteiger partial charge in [-0.25, -0.2) is 0 Å². The number of furan rings is 1. The van der Waals surface area contributed by atoms with Gasteiger partial charge in [-0.2, -0.15) is 0 Å². The lowest BCUT2D eigenvalue weighted by atomic mass is 9.85. The maximum atomic E-state index is 13.4. The molecule has 1 unspecified atom stereocenters. The van der Waals surface area contributed by atoms with Gasteiger partial charge in [0.15, 0.2) is 15.9 Å². The van der Waals surface area contributed by atoms with Crippen molar-refractivity contribution >= 4 is 39.9 Å². The van der Waals surface area contributed by atoms with Crippen molar-refractivity contribution in [3.63, 3.8) is 0 Å². The van der Waals surface area contributed by atoms with E-state index in [2.05, 4.69) is 31.0 Å². The fourth-order valence-electron chi connectivity index (χ4n) is 4.13. The highest BCUT2D eigenvalue weighted by atomic mass is 32.2. The van der Waals surface area contributed by atoms with Crippen LogP contribution in [0.3, 0.4) is 0 Å². The van der Waals surface area contributed by atoms with Crippen molar-refractivity contribution in [1.82, 2.24) is 10.2 Å². The van der Waals surface area contributed by atoms with Crippen molar-refractivity contribution in [2.24, 2.45) is 0 Å². The second-order valence-corrected chi connectivity index (χ2v) is 11.8. The van der Waals surface area contributed by atoms with E-state index in [4.69, 9.17) is 4.42 Å². The van der Waals surface area contributed by atoms with E-state index < -0.39 is 23.5 Å². The number of nitrogens with zero attached hydrogens (tertiary/aromatic N) is 3. The number of carbonyl (C=O) groups is 2. The minimum Gasteiger partial charge on any atom is -0.503 e. The molecule has 1 amide bonds. The molecule has 0 aliphatic carbocycles. The number of rotatable bonds is 7. The lowest BCUT2D eigenvalue weighted by Gasteiger charge is -2.25. The minimum absolute atomic E-state index is 0.0443. The van der Waals surface area contributed by atoms with E-state index in [0.717, 1.165) is 11.1 Å². The molecule has 0 saturated heterocycles. The van der Waals surface area contributed by atoms with Crippen LogP contribution >= 0.6 is 23.1 Å². The Hall–Kier alpha value is -3.69. The van der Waals surface area contributed by atoms with Crippen LogP contribution in [0.15, 0.2) is 93.1 Å². The summed E-state index contributed by atoms with van der Waals surface area (Å²) < 4.78 is 5.98. The number of thioether (sulfide) groups is 1. The number of amides is 1. The summed E-state index contributed by atoms with van der Waals surface area (Å²) in [5, 5.41) is 19.7. The Balaban J connectivity index is 1.51. The van der Waals surface area contributed by atoms with Gasteiger partial charge < -0.3 is 9.52 Å². The number of aliphatic hydroxyl groups is 1. The smallest absolute Gasteiger partial charge is 0.296 e. The Morgan fingerprint density at radius 2 is 1.78 bits per heavy atom. The fraction of sp³-hybridized carbons (Fsp3) is 0.214. The van der Waals surface area contributed by atoms with Gasteiger partial charge in [0.05, 0.1) is 17.9 Å². The van der Waals surface area contributed by atoms with Crippen molar-refractivity contribution in [2.75, 3.05) is 4.90 Å². The van der Waals surface area contributed by atoms with Gasteiger partial charge in [0.25, 0.3) is 5.91 Å². The van der Waals surface area contributed by atoms with E-state index in [-0.39, 0.29) is 16.7 Å². The van der Waals surface area contributed by atoms with Crippen LogP contribution in [0.4, 0.5) is 5.13 Å². The Morgan fingerprint density at radius 3 is 2.43 bits per heavy atom. The molecule has 0 saturated carbocycles. The van der Waals surface area contributed by atoms with Crippen LogP contribution in [-0.4, -0.2) is 27.0 Å². The number of Topliss-reactive ketones (excluding diaryl/α,β-unsaturated/α-hetero) is 1. The average molecular weight is 532 g/mol. The van der Waals surface area contributed by atoms with Crippen molar-refractivity contribution in [2.45, 2.75) is 42.3 Å². The summed E-state index contributed by atoms with van der Waals surface area (Å²) in [5.41, 5.74) is 2.81. The van der Waals surface area contributed by atoms with Crippen LogP contribution < -0.4 is 4.90 Å². The third-order valence-electron chi connectivity index (χ3n) is 6.10. The zero-order chi connectivity index (χ0) is 26.2. The van der Waals surface area contributed by atoms with E-state index in [1.807, 2.05) is 54.6 Å². The highest BCUT2D eigenvalue weighted by molar-refractivity contribution is 8.00. The third kappa shape index (κ3) is 4.97. The number of anilines is 1. The summed E-state index contributed by atoms with van der Waals surface area (Å²) in [4.78, 5) is 28.1. The standard InChI is InChI=1S/C28H25N3O4S2/c1-28(2,3)19-13-11-18(12-14-19)22-21(23(32)20-10-7-15-35-20)24(33)25(34)31(22)26-29-30-27(37-26)36-16-17-8-5-4-6-9-17/h4-15,22,33H,16H2,1-3H3. The first-order chi connectivity index (χ1) is 17.7. The summed E-state index contributed by atoms with van der Waals surface area (Å²) in [6.45, 7) is 6.34. The number of hydrogen-bond donors (Lipinski definition) is 1. The molecule has 2 aromatic heterocycles. The number of benzene rings is 2. The van der Waals surface area contributed by atoms with Crippen molar-refractivity contribution in [3.8, 4) is 0 Å². The Morgan fingerprint density at radius 1 is 1.05 bits per heavy atom. The van der Waals surface area contributed by atoms with E-state index in [9.17, 15) is 14.7 Å². The molecule has 1 N–H and O–H groups in total. The van der Waals surface area contributed by atoms with Gasteiger partial charge in [0.2, 0.25) is 10.9 Å². The molecule has 1 atom stereocenters. The molecule has 3 heterocycles. The molecule has 0 fully saturated rings. The summed E-state index contributed by atoms with van der Waals surface area (Å²) in [6, 6.07) is 19.9. The highest BCUT2D eigenvalue weighted by Gasteiger charge is 2.46. The summed E-state index contributed by atoms with van der Waals surface area (Å²) in [6.07, 6.45) is 1.38. The first-order valence-corrected chi connectivity index (χ1v) is 13.5. The Labute approximate surface area is 222 Å². The Bertz CT molecular complexity index is 1450. The molecular weight excluding hydrogens is 506 g/mol. The lowest BCUT2D eigenvalue weighted by Crippen LogP contribution is -2.31. The topological polar surface area (TPSA) is 96.5 Å². The molecule has 1 aliphatic rings. The van der Waals surface area contributed by atoms with E-state index in [1.165, 1.54) is 40.3 Å². The second kappa shape index (κ2) is 9.99. The Kier molecular flexibility index (Phi) is 6.74. The number of ketones is 1. The molecule has 5 rings (SSSR count). The maximum Gasteiger partial charge on any atom is 0.296 e. The van der Waals surface area contributed by atoms with E-state index >= 15 is 0 Å². The molecule has 0 radical (unpaired) electrons. The van der Waals surface area contributed by atoms with E-state index in [0.29, 0.717) is 20.8 Å². The van der Waals surface area contributed by atoms with E-state index in [1.54, 1.807) is 6.07 Å². The first kappa shape index (κ1) is 25.0. The monoisotopic (exact) mass is 531 g/mol. The van der Waals surface area contributed by atoms with Crippen LogP contribution in [0.2, 0.25) is 0 Å². The SMILES string of the molecule is CC(C)(C)c1ccc(C2C(C(=O)c3ccco3)=C(O)C(=O)N2c2nnc(SCc3ccccc3)s2)cc1. The van der Waals surface area contributed by atoms with Crippen molar-refractivity contribution in [1.29, 1.82) is 0 Å². The zero-order valence-corrected chi connectivity index (χ0v) is 22.2. The molecular formula is C28H25N3O4S2. The first-order valence-electron chi connectivity index (χ1n) is 11.7. The molecule has 2 aromatic carbocycles. The summed E-state index contributed by atoms with van der Waals surface area (Å²) in [7, 11) is 0. The molecule has 188 valence electrons. The fourth-order valence-corrected chi connectivity index (χ4v) is 5.96. The predicted molar refractivity (Wildman–Crippen MR) is 144 cm³/mol. The molecule has 7 nitrogen and oxygen atoms in total. The predicted octanol–water partition coefficient (Wildman–Crippen LogP) is 6.50. The van der Waals surface area contributed by atoms with Gasteiger partial charge in [-0.1, -0.05) is 98.5 Å². The van der Waals surface area contributed by atoms with Crippen LogP contribution in [0.5, 0.6) is 0 Å². The lowest BCUT2D eigenvalue weighted by molar-refractivity contribution is -0.117. The largest absolute Gasteiger partial charge is 0.503 e. The van der Waals surface area contributed by atoms with Gasteiger partial charge in [-0.15, -0.1) is 10.2 Å². The van der Waals surface area contributed by atoms with Gasteiger partial charge in [-0.3, -0.25) is 14.5 Å². The van der Waals surface area contributed by atoms with Crippen LogP contribution in [0, 0.1) is 0 Å². The molecule has 0 bridgehead atoms. The summed E-state index contributed by atoms with van der Waals surface area (Å²) in [5.74, 6) is -1.11. The molecule has 0 spiro atoms. The van der Waals surface area contributed by atoms with Gasteiger partial charge in [-0.05, 0) is 34.2 Å². The van der Waals surface area contributed by atoms with Crippen molar-refractivity contribution in [3.05, 3.63) is 107 Å². The normalized spacial score (nSPS) is 16.0. The number of aliphatic hydroxyl groups excluding tert-OH is 1. The highest BCUT2D eigenvalue weighted by Crippen LogP contribution is 2.44. The van der Waals surface area contributed by atoms with Gasteiger partial charge in [0.1, 0.15) is 0 Å². The number of hydrogen-bond acceptors (Lipinski definition) is 8. The maximum absolute atomic E-state index is 13.4. The average Bonchev–Trinajstić information content (AvgIpc) is 3.64. The van der Waals surface area contributed by atoms with Crippen LogP contribution in [0.1, 0.15) is 54.1 Å². The van der Waals surface area contributed by atoms with Gasteiger partial charge in [0, 0.05) is 5.75 Å². The molecule has 1 aliphatic heterocycles. The second-order valence-electron chi connectivity index (χ2n) is 9.64. The minimum atomic E-state index is -0.876. The van der Waals surface area contributed by atoms with Crippen LogP contribution in [-0.2, 0) is 16.0 Å². The zero-order valence-electron chi connectivity index (χ0n) is 20.5. The molecule has 4 aromatic rings. The third-order valence-corrected chi connectivity index (χ3v) is 8.22. The van der Waals surface area contributed by atoms with Crippen LogP contribution in [0.25, 0.3) is 0 Å². The van der Waals surface area contributed by atoms with Gasteiger partial charge >= 0.3 is 0 Å². The quantitative estimate of drug-likeness (QED) is 0.165. The molecule has 9 heteroatoms. The number of carbonyl (C=O) groups excluding carboxylic acids is 2. The van der Waals surface area contributed by atoms with Crippen molar-refractivity contribution < 1.29 is 19.1 Å². The number of aromatic nitrogens is 2.